The number of hydrogen-bond donors (Lipinski definition) is 0. The van der Waals surface area contributed by atoms with Gasteiger partial charge in [0, 0.05) is 23.5 Å². The summed E-state index contributed by atoms with van der Waals surface area (Å²) in [5.74, 6) is 0.838. The maximum absolute atomic E-state index is 12.3. The lowest BCUT2D eigenvalue weighted by atomic mass is 10.0. The first-order valence-corrected chi connectivity index (χ1v) is 6.46. The van der Waals surface area contributed by atoms with E-state index in [1.165, 1.54) is 0 Å². The lowest BCUT2D eigenvalue weighted by Crippen LogP contribution is -2.04. The third-order valence-corrected chi connectivity index (χ3v) is 3.23. The Morgan fingerprint density at radius 3 is 2.58 bits per heavy atom. The molecule has 2 aromatic rings. The molecule has 19 heavy (non-hydrogen) atoms. The minimum absolute atomic E-state index is 0.00331. The Balaban J connectivity index is 1.81. The van der Waals surface area contributed by atoms with Crippen LogP contribution in [0.15, 0.2) is 42.7 Å². The van der Waals surface area contributed by atoms with Gasteiger partial charge in [-0.05, 0) is 55.7 Å². The molecule has 1 aromatic heterocycles. The molecule has 1 aromatic carbocycles. The van der Waals surface area contributed by atoms with Gasteiger partial charge in [0.2, 0.25) is 0 Å². The summed E-state index contributed by atoms with van der Waals surface area (Å²) in [7, 11) is 0. The smallest absolute Gasteiger partial charge is 0.194 e. The summed E-state index contributed by atoms with van der Waals surface area (Å²) in [6.45, 7) is 1.92. The quantitative estimate of drug-likeness (QED) is 0.786. The predicted molar refractivity (Wildman–Crippen MR) is 72.5 cm³/mol. The SMILES string of the molecule is Cc1ccncc1C(=O)c1ccc(OC2CC2)cc1. The minimum Gasteiger partial charge on any atom is -0.490 e. The third-order valence-electron chi connectivity index (χ3n) is 3.23. The molecule has 0 radical (unpaired) electrons. The third kappa shape index (κ3) is 2.65. The number of aromatic nitrogens is 1. The maximum atomic E-state index is 12.3. The molecule has 1 aliphatic rings. The fourth-order valence-corrected chi connectivity index (χ4v) is 1.92. The van der Waals surface area contributed by atoms with Crippen LogP contribution in [0, 0.1) is 6.92 Å². The van der Waals surface area contributed by atoms with Crippen LogP contribution in [0.1, 0.15) is 34.3 Å². The van der Waals surface area contributed by atoms with Crippen LogP contribution in [-0.4, -0.2) is 16.9 Å². The van der Waals surface area contributed by atoms with Gasteiger partial charge in [-0.2, -0.15) is 0 Å². The summed E-state index contributed by atoms with van der Waals surface area (Å²) in [6.07, 6.45) is 5.96. The van der Waals surface area contributed by atoms with E-state index in [0.29, 0.717) is 17.2 Å². The van der Waals surface area contributed by atoms with E-state index >= 15 is 0 Å². The fourth-order valence-electron chi connectivity index (χ4n) is 1.92. The number of carbonyl (C=O) groups is 1. The van der Waals surface area contributed by atoms with Gasteiger partial charge in [0.15, 0.2) is 5.78 Å². The summed E-state index contributed by atoms with van der Waals surface area (Å²) >= 11 is 0. The van der Waals surface area contributed by atoms with E-state index in [1.54, 1.807) is 12.4 Å². The molecule has 1 saturated carbocycles. The first kappa shape index (κ1) is 11.9. The molecule has 0 amide bonds. The summed E-state index contributed by atoms with van der Waals surface area (Å²) in [5, 5.41) is 0. The van der Waals surface area contributed by atoms with E-state index in [2.05, 4.69) is 4.98 Å². The summed E-state index contributed by atoms with van der Waals surface area (Å²) in [6, 6.07) is 9.19. The average Bonchev–Trinajstić information content (AvgIpc) is 3.23. The molecule has 1 fully saturated rings. The monoisotopic (exact) mass is 253 g/mol. The van der Waals surface area contributed by atoms with E-state index in [0.717, 1.165) is 24.2 Å². The normalized spacial score (nSPS) is 14.2. The zero-order valence-electron chi connectivity index (χ0n) is 10.8. The van der Waals surface area contributed by atoms with Crippen LogP contribution in [0.4, 0.5) is 0 Å². The molecule has 96 valence electrons. The Kier molecular flexibility index (Phi) is 3.03. The number of pyridine rings is 1. The van der Waals surface area contributed by atoms with Crippen LogP contribution >= 0.6 is 0 Å². The standard InChI is InChI=1S/C16H15NO2/c1-11-8-9-17-10-15(11)16(18)12-2-4-13(5-3-12)19-14-6-7-14/h2-5,8-10,14H,6-7H2,1H3. The van der Waals surface area contributed by atoms with Crippen molar-refractivity contribution in [3.05, 3.63) is 59.4 Å². The molecule has 0 unspecified atom stereocenters. The van der Waals surface area contributed by atoms with Crippen molar-refractivity contribution < 1.29 is 9.53 Å². The highest BCUT2D eigenvalue weighted by molar-refractivity contribution is 6.09. The van der Waals surface area contributed by atoms with Crippen LogP contribution in [0.2, 0.25) is 0 Å². The number of nitrogens with zero attached hydrogens (tertiary/aromatic N) is 1. The van der Waals surface area contributed by atoms with E-state index in [4.69, 9.17) is 4.74 Å². The number of ether oxygens (including phenoxy) is 1. The zero-order chi connectivity index (χ0) is 13.2. The van der Waals surface area contributed by atoms with Gasteiger partial charge >= 0.3 is 0 Å². The van der Waals surface area contributed by atoms with E-state index in [1.807, 2.05) is 37.3 Å². The maximum Gasteiger partial charge on any atom is 0.194 e. The molecule has 3 rings (SSSR count). The van der Waals surface area contributed by atoms with Gasteiger partial charge in [0.25, 0.3) is 0 Å². The summed E-state index contributed by atoms with van der Waals surface area (Å²) in [4.78, 5) is 16.3. The van der Waals surface area contributed by atoms with Crippen LogP contribution in [-0.2, 0) is 0 Å². The molecule has 3 heteroatoms. The number of rotatable bonds is 4. The Hall–Kier alpha value is -2.16. The molecule has 0 atom stereocenters. The Labute approximate surface area is 112 Å². The molecule has 0 saturated heterocycles. The van der Waals surface area contributed by atoms with Gasteiger partial charge in [-0.1, -0.05) is 0 Å². The second-order valence-corrected chi connectivity index (χ2v) is 4.86. The molecular formula is C16H15NO2. The van der Waals surface area contributed by atoms with Crippen molar-refractivity contribution >= 4 is 5.78 Å². The van der Waals surface area contributed by atoms with Crippen molar-refractivity contribution in [3.8, 4) is 5.75 Å². The van der Waals surface area contributed by atoms with Gasteiger partial charge in [-0.25, -0.2) is 0 Å². The van der Waals surface area contributed by atoms with E-state index in [9.17, 15) is 4.79 Å². The van der Waals surface area contributed by atoms with Crippen LogP contribution < -0.4 is 4.74 Å². The number of carbonyl (C=O) groups excluding carboxylic acids is 1. The number of benzene rings is 1. The van der Waals surface area contributed by atoms with Crippen molar-refractivity contribution in [3.63, 3.8) is 0 Å². The molecule has 0 spiro atoms. The van der Waals surface area contributed by atoms with Gasteiger partial charge in [-0.3, -0.25) is 9.78 Å². The van der Waals surface area contributed by atoms with Crippen LogP contribution in [0.25, 0.3) is 0 Å². The lowest BCUT2D eigenvalue weighted by Gasteiger charge is -2.06. The fraction of sp³-hybridized carbons (Fsp3) is 0.250. The topological polar surface area (TPSA) is 39.2 Å². The Morgan fingerprint density at radius 1 is 1.21 bits per heavy atom. The number of ketones is 1. The minimum atomic E-state index is 0.00331. The van der Waals surface area contributed by atoms with Gasteiger partial charge in [-0.15, -0.1) is 0 Å². The van der Waals surface area contributed by atoms with Gasteiger partial charge in [0.05, 0.1) is 6.10 Å². The highest BCUT2D eigenvalue weighted by Gasteiger charge is 2.23. The van der Waals surface area contributed by atoms with Crippen molar-refractivity contribution in [1.82, 2.24) is 4.98 Å². The molecular weight excluding hydrogens is 238 g/mol. The molecule has 0 bridgehead atoms. The Morgan fingerprint density at radius 2 is 1.95 bits per heavy atom. The molecule has 0 N–H and O–H groups in total. The first-order valence-electron chi connectivity index (χ1n) is 6.46. The highest BCUT2D eigenvalue weighted by Crippen LogP contribution is 2.27. The molecule has 3 nitrogen and oxygen atoms in total. The van der Waals surface area contributed by atoms with Crippen molar-refractivity contribution in [2.75, 3.05) is 0 Å². The van der Waals surface area contributed by atoms with Crippen molar-refractivity contribution in [2.24, 2.45) is 0 Å². The summed E-state index contributed by atoms with van der Waals surface area (Å²) in [5.41, 5.74) is 2.26. The van der Waals surface area contributed by atoms with Crippen molar-refractivity contribution in [2.45, 2.75) is 25.9 Å². The second kappa shape index (κ2) is 4.84. The predicted octanol–water partition coefficient (Wildman–Crippen LogP) is 3.16. The second-order valence-electron chi connectivity index (χ2n) is 4.86. The van der Waals surface area contributed by atoms with Crippen LogP contribution in [0.5, 0.6) is 5.75 Å². The average molecular weight is 253 g/mol. The largest absolute Gasteiger partial charge is 0.490 e. The molecule has 1 heterocycles. The summed E-state index contributed by atoms with van der Waals surface area (Å²) < 4.78 is 5.67. The Bertz CT molecular complexity index is 600. The van der Waals surface area contributed by atoms with E-state index in [-0.39, 0.29) is 5.78 Å². The van der Waals surface area contributed by atoms with Crippen LogP contribution in [0.3, 0.4) is 0 Å². The zero-order valence-corrected chi connectivity index (χ0v) is 10.8. The number of aryl methyl sites for hydroxylation is 1. The molecule has 0 aliphatic heterocycles. The van der Waals surface area contributed by atoms with E-state index < -0.39 is 0 Å². The highest BCUT2D eigenvalue weighted by atomic mass is 16.5. The molecule has 1 aliphatic carbocycles. The first-order chi connectivity index (χ1) is 9.24. The van der Waals surface area contributed by atoms with Gasteiger partial charge < -0.3 is 4.74 Å². The van der Waals surface area contributed by atoms with Gasteiger partial charge in [0.1, 0.15) is 5.75 Å². The number of hydrogen-bond acceptors (Lipinski definition) is 3. The lowest BCUT2D eigenvalue weighted by molar-refractivity contribution is 0.103. The van der Waals surface area contributed by atoms with Crippen molar-refractivity contribution in [1.29, 1.82) is 0 Å².